The van der Waals surface area contributed by atoms with Crippen LogP contribution in [0.3, 0.4) is 0 Å². The first kappa shape index (κ1) is 15.9. The maximum atomic E-state index is 12.7. The molecule has 0 amide bonds. The average molecular weight is 337 g/mol. The summed E-state index contributed by atoms with van der Waals surface area (Å²) in [6, 6.07) is 8.65. The number of aromatic nitrogens is 3. The summed E-state index contributed by atoms with van der Waals surface area (Å²) in [6.45, 7) is 2.00. The molecule has 0 radical (unpaired) electrons. The largest absolute Gasteiger partial charge is 0.433 e. The zero-order valence-electron chi connectivity index (χ0n) is 12.6. The van der Waals surface area contributed by atoms with Crippen LogP contribution in [0.25, 0.3) is 11.0 Å². The number of halogens is 3. The van der Waals surface area contributed by atoms with Crippen LogP contribution >= 0.6 is 11.8 Å². The van der Waals surface area contributed by atoms with Gasteiger partial charge in [-0.05, 0) is 36.8 Å². The molecule has 0 unspecified atom stereocenters. The fraction of sp³-hybridized carbons (Fsp3) is 0.250. The molecular weight excluding hydrogens is 323 g/mol. The maximum absolute atomic E-state index is 12.7. The number of hydrogen-bond donors (Lipinski definition) is 0. The fourth-order valence-corrected chi connectivity index (χ4v) is 3.20. The van der Waals surface area contributed by atoms with Crippen LogP contribution in [0.1, 0.15) is 17.1 Å². The molecule has 0 spiro atoms. The van der Waals surface area contributed by atoms with Crippen molar-refractivity contribution in [1.82, 2.24) is 14.5 Å². The topological polar surface area (TPSA) is 30.7 Å². The molecule has 0 saturated carbocycles. The summed E-state index contributed by atoms with van der Waals surface area (Å²) in [5, 5.41) is 0. The molecule has 1 aromatic carbocycles. The predicted octanol–water partition coefficient (Wildman–Crippen LogP) is 4.59. The van der Waals surface area contributed by atoms with Gasteiger partial charge in [-0.25, -0.2) is 4.98 Å². The Balaban J connectivity index is 1.82. The molecule has 0 aliphatic heterocycles. The quantitative estimate of drug-likeness (QED) is 0.655. The summed E-state index contributed by atoms with van der Waals surface area (Å²) < 4.78 is 40.0. The molecule has 3 nitrogen and oxygen atoms in total. The standard InChI is InChI=1S/C16H14F3N3S/c1-10-3-4-13-12(7-10)21-15(22(13)2)9-23-11-5-6-20-14(8-11)16(17,18)19/h3-8H,9H2,1-2H3. The van der Waals surface area contributed by atoms with Crippen molar-refractivity contribution in [2.45, 2.75) is 23.7 Å². The lowest BCUT2D eigenvalue weighted by molar-refractivity contribution is -0.141. The highest BCUT2D eigenvalue weighted by molar-refractivity contribution is 7.98. The Morgan fingerprint density at radius 3 is 2.70 bits per heavy atom. The van der Waals surface area contributed by atoms with E-state index >= 15 is 0 Å². The molecule has 0 fully saturated rings. The second-order valence-electron chi connectivity index (χ2n) is 5.24. The van der Waals surface area contributed by atoms with Gasteiger partial charge in [-0.3, -0.25) is 4.98 Å². The lowest BCUT2D eigenvalue weighted by Gasteiger charge is -2.07. The fourth-order valence-electron chi connectivity index (χ4n) is 2.29. The number of rotatable bonds is 3. The van der Waals surface area contributed by atoms with Crippen LogP contribution in [0.4, 0.5) is 13.2 Å². The van der Waals surface area contributed by atoms with E-state index in [0.717, 1.165) is 28.5 Å². The zero-order valence-corrected chi connectivity index (χ0v) is 13.4. The van der Waals surface area contributed by atoms with Crippen molar-refractivity contribution in [3.63, 3.8) is 0 Å². The van der Waals surface area contributed by atoms with Crippen LogP contribution in [0.2, 0.25) is 0 Å². The van der Waals surface area contributed by atoms with E-state index in [2.05, 4.69) is 9.97 Å². The molecule has 3 aromatic rings. The second-order valence-corrected chi connectivity index (χ2v) is 6.29. The number of imidazole rings is 1. The van der Waals surface area contributed by atoms with Gasteiger partial charge >= 0.3 is 6.18 Å². The van der Waals surface area contributed by atoms with Gasteiger partial charge in [0.2, 0.25) is 0 Å². The molecule has 120 valence electrons. The van der Waals surface area contributed by atoms with Crippen molar-refractivity contribution < 1.29 is 13.2 Å². The van der Waals surface area contributed by atoms with Crippen LogP contribution in [0.15, 0.2) is 41.4 Å². The molecule has 2 heterocycles. The van der Waals surface area contributed by atoms with E-state index in [1.165, 1.54) is 18.0 Å². The Morgan fingerprint density at radius 1 is 1.17 bits per heavy atom. The SMILES string of the molecule is Cc1ccc2c(c1)nc(CSc1ccnc(C(F)(F)F)c1)n2C. The van der Waals surface area contributed by atoms with E-state index in [0.29, 0.717) is 10.6 Å². The molecule has 3 rings (SSSR count). The minimum atomic E-state index is -4.42. The first-order chi connectivity index (χ1) is 10.8. The second kappa shape index (κ2) is 5.88. The van der Waals surface area contributed by atoms with Crippen LogP contribution in [0, 0.1) is 6.92 Å². The molecule has 0 atom stereocenters. The van der Waals surface area contributed by atoms with Crippen molar-refractivity contribution in [2.24, 2.45) is 7.05 Å². The number of thioether (sulfide) groups is 1. The Morgan fingerprint density at radius 2 is 1.96 bits per heavy atom. The summed E-state index contributed by atoms with van der Waals surface area (Å²) in [7, 11) is 1.91. The van der Waals surface area contributed by atoms with E-state index in [4.69, 9.17) is 0 Å². The molecule has 2 aromatic heterocycles. The van der Waals surface area contributed by atoms with Gasteiger partial charge in [0.05, 0.1) is 16.8 Å². The van der Waals surface area contributed by atoms with Crippen LogP contribution in [0.5, 0.6) is 0 Å². The predicted molar refractivity (Wildman–Crippen MR) is 84.3 cm³/mol. The van der Waals surface area contributed by atoms with Gasteiger partial charge in [-0.1, -0.05) is 6.07 Å². The summed E-state index contributed by atoms with van der Waals surface area (Å²) in [6.07, 6.45) is -3.24. The molecule has 0 saturated heterocycles. The summed E-state index contributed by atoms with van der Waals surface area (Å²) >= 11 is 1.31. The smallest absolute Gasteiger partial charge is 0.330 e. The van der Waals surface area contributed by atoms with E-state index < -0.39 is 11.9 Å². The van der Waals surface area contributed by atoms with Gasteiger partial charge < -0.3 is 4.57 Å². The first-order valence-electron chi connectivity index (χ1n) is 6.92. The lowest BCUT2D eigenvalue weighted by Crippen LogP contribution is -2.07. The highest BCUT2D eigenvalue weighted by Crippen LogP contribution is 2.31. The number of benzene rings is 1. The summed E-state index contributed by atoms with van der Waals surface area (Å²) in [5.74, 6) is 1.31. The Labute approximate surface area is 135 Å². The number of pyridine rings is 1. The molecule has 0 bridgehead atoms. The van der Waals surface area contributed by atoms with Gasteiger partial charge in [0, 0.05) is 18.1 Å². The number of alkyl halides is 3. The summed E-state index contributed by atoms with van der Waals surface area (Å²) in [5.41, 5.74) is 2.16. The maximum Gasteiger partial charge on any atom is 0.433 e. The highest BCUT2D eigenvalue weighted by atomic mass is 32.2. The van der Waals surface area contributed by atoms with Crippen LogP contribution in [-0.4, -0.2) is 14.5 Å². The number of aryl methyl sites for hydroxylation is 2. The van der Waals surface area contributed by atoms with Crippen molar-refractivity contribution in [3.05, 3.63) is 53.6 Å². The zero-order chi connectivity index (χ0) is 16.6. The van der Waals surface area contributed by atoms with E-state index in [1.807, 2.05) is 36.7 Å². The van der Waals surface area contributed by atoms with Crippen molar-refractivity contribution in [1.29, 1.82) is 0 Å². The highest BCUT2D eigenvalue weighted by Gasteiger charge is 2.32. The van der Waals surface area contributed by atoms with Crippen molar-refractivity contribution in [3.8, 4) is 0 Å². The normalized spacial score (nSPS) is 12.0. The van der Waals surface area contributed by atoms with Gasteiger partial charge in [-0.2, -0.15) is 13.2 Å². The molecule has 23 heavy (non-hydrogen) atoms. The number of fused-ring (bicyclic) bond motifs is 1. The molecule has 0 N–H and O–H groups in total. The van der Waals surface area contributed by atoms with Crippen LogP contribution in [-0.2, 0) is 19.0 Å². The minimum Gasteiger partial charge on any atom is -0.330 e. The Hall–Kier alpha value is -2.02. The average Bonchev–Trinajstić information content (AvgIpc) is 2.80. The number of hydrogen-bond acceptors (Lipinski definition) is 3. The van der Waals surface area contributed by atoms with Crippen molar-refractivity contribution >= 4 is 22.8 Å². The third-order valence-electron chi connectivity index (χ3n) is 3.52. The third kappa shape index (κ3) is 3.34. The monoisotopic (exact) mass is 337 g/mol. The van der Waals surface area contributed by atoms with E-state index in [9.17, 15) is 13.2 Å². The lowest BCUT2D eigenvalue weighted by atomic mass is 10.2. The van der Waals surface area contributed by atoms with Gasteiger partial charge in [0.1, 0.15) is 11.5 Å². The Kier molecular flexibility index (Phi) is 4.06. The molecule has 0 aliphatic rings. The molecule has 7 heteroatoms. The molecular formula is C16H14F3N3S. The summed E-state index contributed by atoms with van der Waals surface area (Å²) in [4.78, 5) is 8.46. The van der Waals surface area contributed by atoms with Crippen LogP contribution < -0.4 is 0 Å². The van der Waals surface area contributed by atoms with E-state index in [1.54, 1.807) is 6.07 Å². The number of nitrogens with zero attached hydrogens (tertiary/aromatic N) is 3. The Bertz CT molecular complexity index is 855. The molecule has 0 aliphatic carbocycles. The third-order valence-corrected chi connectivity index (χ3v) is 4.51. The first-order valence-corrected chi connectivity index (χ1v) is 7.91. The minimum absolute atomic E-state index is 0.492. The van der Waals surface area contributed by atoms with E-state index in [-0.39, 0.29) is 0 Å². The van der Waals surface area contributed by atoms with Crippen molar-refractivity contribution in [2.75, 3.05) is 0 Å². The van der Waals surface area contributed by atoms with Gasteiger partial charge in [0.25, 0.3) is 0 Å². The van der Waals surface area contributed by atoms with Gasteiger partial charge in [0.15, 0.2) is 0 Å². The van der Waals surface area contributed by atoms with Gasteiger partial charge in [-0.15, -0.1) is 11.8 Å².